The fourth-order valence-electron chi connectivity index (χ4n) is 2.91. The van der Waals surface area contributed by atoms with Crippen molar-refractivity contribution in [2.75, 3.05) is 17.2 Å². The Bertz CT molecular complexity index is 423. The second kappa shape index (κ2) is 6.60. The number of nitrogens with two attached hydrogens (primary N) is 1. The summed E-state index contributed by atoms with van der Waals surface area (Å²) in [6, 6.07) is 7.62. The second-order valence-electron chi connectivity index (χ2n) is 5.37. The molecule has 1 aromatic carbocycles. The lowest BCUT2D eigenvalue weighted by atomic mass is 9.98. The predicted octanol–water partition coefficient (Wildman–Crippen LogP) is 3.59. The van der Waals surface area contributed by atoms with Gasteiger partial charge < -0.3 is 10.6 Å². The van der Waals surface area contributed by atoms with Gasteiger partial charge in [0, 0.05) is 23.8 Å². The maximum Gasteiger partial charge on any atom is 0.230 e. The Hall–Kier alpha value is -1.51. The summed E-state index contributed by atoms with van der Waals surface area (Å²) in [4.78, 5) is 14.6. The van der Waals surface area contributed by atoms with Crippen LogP contribution < -0.4 is 10.6 Å². The van der Waals surface area contributed by atoms with Crippen molar-refractivity contribution in [1.82, 2.24) is 0 Å². The number of hydrogen-bond acceptors (Lipinski definition) is 2. The number of hydrogen-bond donors (Lipinski definition) is 1. The second-order valence-corrected chi connectivity index (χ2v) is 5.37. The van der Waals surface area contributed by atoms with Crippen LogP contribution in [0.2, 0.25) is 0 Å². The minimum absolute atomic E-state index is 0.198. The molecule has 1 amide bonds. The first kappa shape index (κ1) is 13.9. The maximum atomic E-state index is 12.7. The molecule has 0 atom stereocenters. The molecule has 2 rings (SSSR count). The Morgan fingerprint density at radius 2 is 1.95 bits per heavy atom. The van der Waals surface area contributed by atoms with Gasteiger partial charge in [0.05, 0.1) is 0 Å². The third-order valence-electron chi connectivity index (χ3n) is 3.97. The van der Waals surface area contributed by atoms with E-state index in [1.165, 1.54) is 25.7 Å². The van der Waals surface area contributed by atoms with Gasteiger partial charge in [0.1, 0.15) is 0 Å². The minimum atomic E-state index is 0.198. The van der Waals surface area contributed by atoms with Crippen LogP contribution in [0.4, 0.5) is 11.4 Å². The predicted molar refractivity (Wildman–Crippen MR) is 80.1 cm³/mol. The van der Waals surface area contributed by atoms with E-state index < -0.39 is 0 Å². The molecule has 3 heteroatoms. The third kappa shape index (κ3) is 3.49. The number of amides is 1. The highest BCUT2D eigenvalue weighted by molar-refractivity contribution is 5.95. The number of rotatable bonds is 3. The lowest BCUT2D eigenvalue weighted by Crippen LogP contribution is -2.36. The zero-order valence-corrected chi connectivity index (χ0v) is 11.8. The summed E-state index contributed by atoms with van der Waals surface area (Å²) in [7, 11) is 0. The number of anilines is 2. The number of nitrogen functional groups attached to an aromatic ring is 1. The van der Waals surface area contributed by atoms with Crippen molar-refractivity contribution >= 4 is 17.3 Å². The van der Waals surface area contributed by atoms with Crippen LogP contribution in [0.3, 0.4) is 0 Å². The molecule has 0 heterocycles. The van der Waals surface area contributed by atoms with Gasteiger partial charge in [-0.2, -0.15) is 0 Å². The summed E-state index contributed by atoms with van der Waals surface area (Å²) in [5, 5.41) is 0. The Morgan fingerprint density at radius 3 is 2.53 bits per heavy atom. The van der Waals surface area contributed by atoms with E-state index >= 15 is 0 Å². The fourth-order valence-corrected chi connectivity index (χ4v) is 2.91. The average Bonchev–Trinajstić information content (AvgIpc) is 2.68. The summed E-state index contributed by atoms with van der Waals surface area (Å²) < 4.78 is 0. The van der Waals surface area contributed by atoms with Gasteiger partial charge in [0.2, 0.25) is 5.91 Å². The monoisotopic (exact) mass is 260 g/mol. The normalized spacial score (nSPS) is 16.9. The molecule has 1 saturated carbocycles. The zero-order valence-electron chi connectivity index (χ0n) is 11.8. The highest BCUT2D eigenvalue weighted by atomic mass is 16.2. The molecular formula is C16H24N2O. The standard InChI is InChI=1S/C16H24N2O/c1-2-18(15-11-7-10-14(17)12-15)16(19)13-8-5-3-4-6-9-13/h7,10-13H,2-6,8-9,17H2,1H3. The molecule has 19 heavy (non-hydrogen) atoms. The molecule has 1 aliphatic carbocycles. The quantitative estimate of drug-likeness (QED) is 0.667. The topological polar surface area (TPSA) is 46.3 Å². The Morgan fingerprint density at radius 1 is 1.26 bits per heavy atom. The van der Waals surface area contributed by atoms with Crippen LogP contribution in [-0.2, 0) is 4.79 Å². The smallest absolute Gasteiger partial charge is 0.230 e. The first-order valence-corrected chi connectivity index (χ1v) is 7.39. The van der Waals surface area contributed by atoms with Crippen molar-refractivity contribution in [3.8, 4) is 0 Å². The Kier molecular flexibility index (Phi) is 4.83. The number of carbonyl (C=O) groups is 1. The number of benzene rings is 1. The molecule has 3 nitrogen and oxygen atoms in total. The van der Waals surface area contributed by atoms with Crippen LogP contribution in [0.1, 0.15) is 45.4 Å². The molecule has 0 aliphatic heterocycles. The third-order valence-corrected chi connectivity index (χ3v) is 3.97. The summed E-state index contributed by atoms with van der Waals surface area (Å²) in [6.07, 6.45) is 6.99. The van der Waals surface area contributed by atoms with Gasteiger partial charge in [0.15, 0.2) is 0 Å². The van der Waals surface area contributed by atoms with Crippen molar-refractivity contribution in [3.63, 3.8) is 0 Å². The maximum absolute atomic E-state index is 12.7. The molecule has 2 N–H and O–H groups in total. The molecule has 0 bridgehead atoms. The molecule has 0 saturated heterocycles. The van der Waals surface area contributed by atoms with Gasteiger partial charge in [-0.1, -0.05) is 31.7 Å². The van der Waals surface area contributed by atoms with Crippen molar-refractivity contribution < 1.29 is 4.79 Å². The molecular weight excluding hydrogens is 236 g/mol. The number of nitrogens with zero attached hydrogens (tertiary/aromatic N) is 1. The van der Waals surface area contributed by atoms with Crippen molar-refractivity contribution in [1.29, 1.82) is 0 Å². The fraction of sp³-hybridized carbons (Fsp3) is 0.562. The summed E-state index contributed by atoms with van der Waals surface area (Å²) in [5.74, 6) is 0.471. The molecule has 104 valence electrons. The van der Waals surface area contributed by atoms with Gasteiger partial charge in [0.25, 0.3) is 0 Å². The van der Waals surface area contributed by atoms with Crippen LogP contribution in [0, 0.1) is 5.92 Å². The highest BCUT2D eigenvalue weighted by Gasteiger charge is 2.25. The number of carbonyl (C=O) groups excluding carboxylic acids is 1. The molecule has 0 aromatic heterocycles. The zero-order chi connectivity index (χ0) is 13.7. The van der Waals surface area contributed by atoms with Crippen LogP contribution in [0.25, 0.3) is 0 Å². The van der Waals surface area contributed by atoms with Crippen molar-refractivity contribution in [2.24, 2.45) is 5.92 Å². The molecule has 0 radical (unpaired) electrons. The molecule has 1 fully saturated rings. The summed E-state index contributed by atoms with van der Waals surface area (Å²) in [6.45, 7) is 2.73. The van der Waals surface area contributed by atoms with Crippen LogP contribution in [-0.4, -0.2) is 12.5 Å². The van der Waals surface area contributed by atoms with Gasteiger partial charge in [-0.05, 0) is 38.0 Å². The lowest BCUT2D eigenvalue weighted by molar-refractivity contribution is -0.122. The van der Waals surface area contributed by atoms with E-state index in [-0.39, 0.29) is 11.8 Å². The SMILES string of the molecule is CCN(C(=O)C1CCCCCC1)c1cccc(N)c1. The minimum Gasteiger partial charge on any atom is -0.399 e. The molecule has 1 aromatic rings. The van der Waals surface area contributed by atoms with E-state index in [0.29, 0.717) is 12.2 Å². The van der Waals surface area contributed by atoms with Gasteiger partial charge >= 0.3 is 0 Å². The van der Waals surface area contributed by atoms with Gasteiger partial charge in [-0.3, -0.25) is 4.79 Å². The largest absolute Gasteiger partial charge is 0.399 e. The van der Waals surface area contributed by atoms with E-state index in [0.717, 1.165) is 18.5 Å². The Labute approximate surface area is 115 Å². The summed E-state index contributed by atoms with van der Waals surface area (Å²) in [5.41, 5.74) is 7.46. The first-order valence-electron chi connectivity index (χ1n) is 7.39. The Balaban J connectivity index is 2.14. The lowest BCUT2D eigenvalue weighted by Gasteiger charge is -2.26. The van der Waals surface area contributed by atoms with Gasteiger partial charge in [-0.15, -0.1) is 0 Å². The van der Waals surface area contributed by atoms with E-state index in [4.69, 9.17) is 5.73 Å². The average molecular weight is 260 g/mol. The van der Waals surface area contributed by atoms with E-state index in [1.54, 1.807) is 0 Å². The van der Waals surface area contributed by atoms with Crippen molar-refractivity contribution in [3.05, 3.63) is 24.3 Å². The first-order chi connectivity index (χ1) is 9.22. The van der Waals surface area contributed by atoms with Crippen LogP contribution in [0.5, 0.6) is 0 Å². The summed E-state index contributed by atoms with van der Waals surface area (Å²) >= 11 is 0. The van der Waals surface area contributed by atoms with E-state index in [1.807, 2.05) is 36.1 Å². The van der Waals surface area contributed by atoms with E-state index in [9.17, 15) is 4.79 Å². The van der Waals surface area contributed by atoms with Gasteiger partial charge in [-0.25, -0.2) is 0 Å². The molecule has 0 spiro atoms. The van der Waals surface area contributed by atoms with Crippen LogP contribution >= 0.6 is 0 Å². The molecule has 1 aliphatic rings. The molecule has 0 unspecified atom stereocenters. The van der Waals surface area contributed by atoms with E-state index in [2.05, 4.69) is 0 Å². The van der Waals surface area contributed by atoms with Crippen LogP contribution in [0.15, 0.2) is 24.3 Å². The highest BCUT2D eigenvalue weighted by Crippen LogP contribution is 2.27. The van der Waals surface area contributed by atoms with Crippen molar-refractivity contribution in [2.45, 2.75) is 45.4 Å².